The lowest BCUT2D eigenvalue weighted by atomic mass is 9.70. The van der Waals surface area contributed by atoms with E-state index < -0.39 is 5.41 Å². The molecule has 1 nitrogen and oxygen atoms in total. The largest absolute Gasteiger partial charge is 0.309 e. The summed E-state index contributed by atoms with van der Waals surface area (Å²) in [6.07, 6.45) is 0. The summed E-state index contributed by atoms with van der Waals surface area (Å²) in [5.41, 5.74) is 21.5. The van der Waals surface area contributed by atoms with Crippen molar-refractivity contribution in [2.24, 2.45) is 0 Å². The van der Waals surface area contributed by atoms with E-state index in [1.807, 2.05) is 11.3 Å². The molecule has 1 spiro atoms. The Morgan fingerprint density at radius 3 is 1.52 bits per heavy atom. The summed E-state index contributed by atoms with van der Waals surface area (Å²) in [6.45, 7) is 4.78. The average molecular weight is 832 g/mol. The highest BCUT2D eigenvalue weighted by Gasteiger charge is 2.51. The molecule has 10 aromatic carbocycles. The number of hydrogen-bond acceptors (Lipinski definition) is 2. The van der Waals surface area contributed by atoms with Crippen LogP contribution in [0.3, 0.4) is 0 Å². The maximum atomic E-state index is 2.57. The molecule has 0 atom stereocenters. The van der Waals surface area contributed by atoms with Crippen molar-refractivity contribution in [3.63, 3.8) is 0 Å². The second-order valence-corrected chi connectivity index (χ2v) is 19.3. The van der Waals surface area contributed by atoms with Gasteiger partial charge in [-0.1, -0.05) is 190 Å². The van der Waals surface area contributed by atoms with Gasteiger partial charge in [0, 0.05) is 37.8 Å². The molecule has 0 fully saturated rings. The van der Waals surface area contributed by atoms with E-state index in [1.165, 1.54) is 115 Å². The molecule has 0 saturated carbocycles. The molecule has 3 aliphatic rings. The van der Waals surface area contributed by atoms with Crippen molar-refractivity contribution in [3.05, 3.63) is 246 Å². The van der Waals surface area contributed by atoms with Gasteiger partial charge in [-0.25, -0.2) is 0 Å². The molecule has 0 aliphatic heterocycles. The third kappa shape index (κ3) is 4.63. The minimum Gasteiger partial charge on any atom is -0.309 e. The molecule has 2 heteroatoms. The first kappa shape index (κ1) is 36.0. The topological polar surface area (TPSA) is 3.24 Å². The van der Waals surface area contributed by atoms with Crippen LogP contribution < -0.4 is 4.90 Å². The SMILES string of the molecule is CC1(C)c2ccccc2-c2ccc(N(c3ccc4c(c3)C3(c5ccccc5-c5ccccc53)c3ccccc3-4)c3cccc4c3sc3c(-c5ccccc5)cc5ccccc5c34)cc21. The van der Waals surface area contributed by atoms with Crippen LogP contribution in [0.5, 0.6) is 0 Å². The maximum absolute atomic E-state index is 2.57. The highest BCUT2D eigenvalue weighted by molar-refractivity contribution is 7.27. The van der Waals surface area contributed by atoms with Crippen LogP contribution in [0.4, 0.5) is 17.1 Å². The smallest absolute Gasteiger partial charge is 0.0726 e. The van der Waals surface area contributed by atoms with E-state index in [9.17, 15) is 0 Å². The van der Waals surface area contributed by atoms with E-state index in [0.717, 1.165) is 11.4 Å². The van der Waals surface area contributed by atoms with Crippen molar-refractivity contribution in [1.29, 1.82) is 0 Å². The van der Waals surface area contributed by atoms with Crippen molar-refractivity contribution in [1.82, 2.24) is 0 Å². The lowest BCUT2D eigenvalue weighted by Crippen LogP contribution is -2.26. The van der Waals surface area contributed by atoms with Gasteiger partial charge < -0.3 is 4.90 Å². The molecule has 64 heavy (non-hydrogen) atoms. The van der Waals surface area contributed by atoms with Crippen LogP contribution in [-0.2, 0) is 10.8 Å². The highest BCUT2D eigenvalue weighted by Crippen LogP contribution is 2.64. The van der Waals surface area contributed by atoms with Crippen LogP contribution in [0.1, 0.15) is 47.2 Å². The Bertz CT molecular complexity index is 3710. The fourth-order valence-electron chi connectivity index (χ4n) is 12.1. The molecular formula is C62H41NS. The monoisotopic (exact) mass is 831 g/mol. The second-order valence-electron chi connectivity index (χ2n) is 18.3. The number of anilines is 3. The van der Waals surface area contributed by atoms with Crippen LogP contribution in [0, 0.1) is 0 Å². The molecule has 1 heterocycles. The van der Waals surface area contributed by atoms with Gasteiger partial charge in [0.2, 0.25) is 0 Å². The second kappa shape index (κ2) is 13.0. The van der Waals surface area contributed by atoms with Gasteiger partial charge in [0.25, 0.3) is 0 Å². The van der Waals surface area contributed by atoms with Crippen molar-refractivity contribution < 1.29 is 0 Å². The van der Waals surface area contributed by atoms with E-state index >= 15 is 0 Å². The number of benzene rings is 10. The molecule has 0 amide bonds. The average Bonchev–Trinajstić information content (AvgIpc) is 4.05. The van der Waals surface area contributed by atoms with Crippen LogP contribution in [-0.4, -0.2) is 0 Å². The molecule has 3 aliphatic carbocycles. The first-order valence-electron chi connectivity index (χ1n) is 22.4. The number of fused-ring (bicyclic) bond motifs is 18. The Hall–Kier alpha value is -7.52. The zero-order chi connectivity index (χ0) is 42.3. The Kier molecular flexibility index (Phi) is 7.32. The third-order valence-electron chi connectivity index (χ3n) is 14.9. The fourth-order valence-corrected chi connectivity index (χ4v) is 13.5. The van der Waals surface area contributed by atoms with Crippen LogP contribution >= 0.6 is 11.3 Å². The van der Waals surface area contributed by atoms with Gasteiger partial charge in [-0.15, -0.1) is 11.3 Å². The van der Waals surface area contributed by atoms with Crippen molar-refractivity contribution in [2.45, 2.75) is 24.7 Å². The third-order valence-corrected chi connectivity index (χ3v) is 16.1. The molecule has 0 N–H and O–H groups in total. The van der Waals surface area contributed by atoms with E-state index in [-0.39, 0.29) is 5.41 Å². The van der Waals surface area contributed by atoms with Gasteiger partial charge in [-0.3, -0.25) is 0 Å². The van der Waals surface area contributed by atoms with Crippen LogP contribution in [0.2, 0.25) is 0 Å². The van der Waals surface area contributed by atoms with Crippen LogP contribution in [0.25, 0.3) is 75.5 Å². The molecule has 1 aromatic heterocycles. The molecule has 0 saturated heterocycles. The standard InChI is InChI=1S/C62H41NS/c1-61(2)51-26-12-8-21-43(51)47-33-31-40(36-55(47)61)63(57-30-16-25-49-58-42-20-7-6-19-39(42)35-50(60(58)64-59(49)57)38-17-4-3-5-18-38)41-32-34-48-46-24-11-15-29-54(46)62(56(48)37-41)52-27-13-9-22-44(52)45-23-10-14-28-53(45)62/h3-37H,1-2H3. The summed E-state index contributed by atoms with van der Waals surface area (Å²) in [5.74, 6) is 0. The van der Waals surface area contributed by atoms with Gasteiger partial charge in [0.1, 0.15) is 0 Å². The van der Waals surface area contributed by atoms with E-state index in [1.54, 1.807) is 0 Å². The molecule has 14 rings (SSSR count). The quantitative estimate of drug-likeness (QED) is 0.171. The fraction of sp³-hybridized carbons (Fsp3) is 0.0645. The number of thiophene rings is 1. The molecule has 0 unspecified atom stereocenters. The normalized spacial score (nSPS) is 14.3. The van der Waals surface area contributed by atoms with E-state index in [2.05, 4.69) is 231 Å². The number of hydrogen-bond donors (Lipinski definition) is 0. The lowest BCUT2D eigenvalue weighted by Gasteiger charge is -2.32. The van der Waals surface area contributed by atoms with Crippen molar-refractivity contribution >= 4 is 59.3 Å². The predicted molar refractivity (Wildman–Crippen MR) is 271 cm³/mol. The minimum absolute atomic E-state index is 0.151. The summed E-state index contributed by atoms with van der Waals surface area (Å²) in [6, 6.07) is 80.1. The Morgan fingerprint density at radius 2 is 0.859 bits per heavy atom. The first-order valence-corrected chi connectivity index (χ1v) is 23.2. The van der Waals surface area contributed by atoms with Crippen molar-refractivity contribution in [3.8, 4) is 44.5 Å². The van der Waals surface area contributed by atoms with Crippen LogP contribution in [0.15, 0.2) is 212 Å². The van der Waals surface area contributed by atoms with E-state index in [4.69, 9.17) is 0 Å². The van der Waals surface area contributed by atoms with E-state index in [0.29, 0.717) is 0 Å². The summed E-state index contributed by atoms with van der Waals surface area (Å²) in [5, 5.41) is 5.16. The minimum atomic E-state index is -0.449. The van der Waals surface area contributed by atoms with Gasteiger partial charge in [0.05, 0.1) is 15.8 Å². The first-order chi connectivity index (χ1) is 31.5. The Balaban J connectivity index is 1.08. The zero-order valence-corrected chi connectivity index (χ0v) is 36.4. The summed E-state index contributed by atoms with van der Waals surface area (Å²) < 4.78 is 2.60. The zero-order valence-electron chi connectivity index (χ0n) is 35.6. The predicted octanol–water partition coefficient (Wildman–Crippen LogP) is 17.0. The summed E-state index contributed by atoms with van der Waals surface area (Å²) >= 11 is 1.93. The molecular weight excluding hydrogens is 791 g/mol. The Morgan fingerprint density at radius 1 is 0.359 bits per heavy atom. The highest BCUT2D eigenvalue weighted by atomic mass is 32.1. The molecule has 300 valence electrons. The summed E-state index contributed by atoms with van der Waals surface area (Å²) in [4.78, 5) is 2.57. The van der Waals surface area contributed by atoms with Gasteiger partial charge >= 0.3 is 0 Å². The molecule has 0 radical (unpaired) electrons. The van der Waals surface area contributed by atoms with Crippen molar-refractivity contribution in [2.75, 3.05) is 4.90 Å². The number of nitrogens with zero attached hydrogens (tertiary/aromatic N) is 1. The molecule has 0 bridgehead atoms. The van der Waals surface area contributed by atoms with Gasteiger partial charge in [-0.05, 0) is 119 Å². The summed E-state index contributed by atoms with van der Waals surface area (Å²) in [7, 11) is 0. The lowest BCUT2D eigenvalue weighted by molar-refractivity contribution is 0.660. The van der Waals surface area contributed by atoms with Gasteiger partial charge in [0.15, 0.2) is 0 Å². The number of rotatable bonds is 4. The maximum Gasteiger partial charge on any atom is 0.0726 e. The molecule has 11 aromatic rings. The van der Waals surface area contributed by atoms with Gasteiger partial charge in [-0.2, -0.15) is 0 Å². The Labute approximate surface area is 377 Å².